The van der Waals surface area contributed by atoms with Crippen LogP contribution in [-0.2, 0) is 11.2 Å². The van der Waals surface area contributed by atoms with Gasteiger partial charge < -0.3 is 16.0 Å². The number of rotatable bonds is 6. The number of halogens is 1. The van der Waals surface area contributed by atoms with Crippen molar-refractivity contribution < 1.29 is 4.79 Å². The van der Waals surface area contributed by atoms with Crippen molar-refractivity contribution in [3.05, 3.63) is 46.4 Å². The van der Waals surface area contributed by atoms with Gasteiger partial charge in [0.25, 0.3) is 0 Å². The minimum Gasteiger partial charge on any atom is -0.356 e. The van der Waals surface area contributed by atoms with E-state index < -0.39 is 0 Å². The number of hydrogen-bond acceptors (Lipinski definition) is 4. The molecule has 2 aromatic rings. The van der Waals surface area contributed by atoms with Crippen LogP contribution in [0, 0.1) is 6.92 Å². The highest BCUT2D eigenvalue weighted by molar-refractivity contribution is 14.0. The van der Waals surface area contributed by atoms with Crippen LogP contribution in [0.25, 0.3) is 0 Å². The molecular weight excluding hydrogens is 437 g/mol. The first-order chi connectivity index (χ1) is 11.2. The Labute approximate surface area is 163 Å². The number of guanidine groups is 1. The topological polar surface area (TPSA) is 78.4 Å². The molecule has 0 aliphatic rings. The molecule has 8 heteroatoms. The van der Waals surface area contributed by atoms with E-state index in [0.29, 0.717) is 12.5 Å². The summed E-state index contributed by atoms with van der Waals surface area (Å²) in [5, 5.41) is 12.1. The monoisotopic (exact) mass is 459 g/mol. The lowest BCUT2D eigenvalue weighted by atomic mass is 10.3. The second-order valence-electron chi connectivity index (χ2n) is 4.87. The highest BCUT2D eigenvalue weighted by Gasteiger charge is 2.04. The lowest BCUT2D eigenvalue weighted by Gasteiger charge is -2.11. The van der Waals surface area contributed by atoms with E-state index >= 15 is 0 Å². The first-order valence-electron chi connectivity index (χ1n) is 7.38. The van der Waals surface area contributed by atoms with Gasteiger partial charge in [-0.1, -0.05) is 18.2 Å². The van der Waals surface area contributed by atoms with E-state index in [9.17, 15) is 4.79 Å². The standard InChI is InChI=1S/C16H21N5OS.HI/c1-12-20-14(11-23-12)8-9-18-16(17-2)19-10-15(22)21-13-6-4-3-5-7-13;/h3-7,11H,8-10H2,1-2H3,(H,21,22)(H2,17,18,19);1H. The van der Waals surface area contributed by atoms with E-state index in [4.69, 9.17) is 0 Å². The van der Waals surface area contributed by atoms with Gasteiger partial charge in [-0.05, 0) is 19.1 Å². The molecule has 0 radical (unpaired) electrons. The minimum atomic E-state index is -0.116. The molecule has 0 fully saturated rings. The molecule has 0 aliphatic carbocycles. The molecule has 1 amide bonds. The van der Waals surface area contributed by atoms with Crippen LogP contribution in [0.2, 0.25) is 0 Å². The van der Waals surface area contributed by atoms with Crippen LogP contribution >= 0.6 is 35.3 Å². The van der Waals surface area contributed by atoms with Crippen molar-refractivity contribution in [1.82, 2.24) is 15.6 Å². The van der Waals surface area contributed by atoms with Crippen LogP contribution in [0.15, 0.2) is 40.7 Å². The molecule has 2 rings (SSSR count). The van der Waals surface area contributed by atoms with Gasteiger partial charge in [0.2, 0.25) is 5.91 Å². The maximum absolute atomic E-state index is 11.9. The molecule has 0 bridgehead atoms. The van der Waals surface area contributed by atoms with Crippen LogP contribution in [0.3, 0.4) is 0 Å². The number of aliphatic imine (C=N–C) groups is 1. The number of carbonyl (C=O) groups is 1. The number of thiazole rings is 1. The van der Waals surface area contributed by atoms with Crippen molar-refractivity contribution >= 4 is 52.9 Å². The van der Waals surface area contributed by atoms with Gasteiger partial charge >= 0.3 is 0 Å². The number of nitrogens with one attached hydrogen (secondary N) is 3. The van der Waals surface area contributed by atoms with E-state index in [2.05, 4.69) is 31.3 Å². The number of nitrogens with zero attached hydrogens (tertiary/aromatic N) is 2. The zero-order valence-electron chi connectivity index (χ0n) is 13.7. The van der Waals surface area contributed by atoms with Crippen molar-refractivity contribution in [2.75, 3.05) is 25.5 Å². The van der Waals surface area contributed by atoms with E-state index in [1.165, 1.54) is 0 Å². The molecule has 0 saturated heterocycles. The van der Waals surface area contributed by atoms with E-state index in [0.717, 1.165) is 22.8 Å². The number of benzene rings is 1. The maximum atomic E-state index is 11.9. The summed E-state index contributed by atoms with van der Waals surface area (Å²) in [7, 11) is 1.68. The van der Waals surface area contributed by atoms with Crippen LogP contribution in [0.5, 0.6) is 0 Å². The number of aromatic nitrogens is 1. The van der Waals surface area contributed by atoms with Gasteiger partial charge in [-0.25, -0.2) is 4.98 Å². The number of anilines is 1. The van der Waals surface area contributed by atoms with Gasteiger partial charge in [0.15, 0.2) is 5.96 Å². The molecule has 1 heterocycles. The summed E-state index contributed by atoms with van der Waals surface area (Å²) in [6, 6.07) is 9.36. The SMILES string of the molecule is CN=C(NCCc1csc(C)n1)NCC(=O)Nc1ccccc1.I. The summed E-state index contributed by atoms with van der Waals surface area (Å²) in [5.74, 6) is 0.481. The van der Waals surface area contributed by atoms with E-state index in [-0.39, 0.29) is 36.4 Å². The Hall–Kier alpha value is -1.68. The second-order valence-corrected chi connectivity index (χ2v) is 5.94. The summed E-state index contributed by atoms with van der Waals surface area (Å²) in [6.45, 7) is 2.86. The molecule has 1 aromatic heterocycles. The lowest BCUT2D eigenvalue weighted by Crippen LogP contribution is -2.42. The largest absolute Gasteiger partial charge is 0.356 e. The van der Waals surface area contributed by atoms with Crippen molar-refractivity contribution in [2.45, 2.75) is 13.3 Å². The summed E-state index contributed by atoms with van der Waals surface area (Å²) in [5.41, 5.74) is 1.85. The summed E-state index contributed by atoms with van der Waals surface area (Å²) in [4.78, 5) is 20.4. The molecular formula is C16H22IN5OS. The fourth-order valence-electron chi connectivity index (χ4n) is 1.94. The van der Waals surface area contributed by atoms with Crippen LogP contribution in [0.1, 0.15) is 10.7 Å². The summed E-state index contributed by atoms with van der Waals surface area (Å²) < 4.78 is 0. The van der Waals surface area contributed by atoms with Crippen molar-refractivity contribution in [2.24, 2.45) is 4.99 Å². The third kappa shape index (κ3) is 7.26. The van der Waals surface area contributed by atoms with Gasteiger partial charge in [0.05, 0.1) is 17.2 Å². The smallest absolute Gasteiger partial charge is 0.243 e. The predicted molar refractivity (Wildman–Crippen MR) is 110 cm³/mol. The maximum Gasteiger partial charge on any atom is 0.243 e. The molecule has 0 aliphatic heterocycles. The van der Waals surface area contributed by atoms with Crippen LogP contribution in [0.4, 0.5) is 5.69 Å². The summed E-state index contributed by atoms with van der Waals surface area (Å²) in [6.07, 6.45) is 0.821. The zero-order valence-corrected chi connectivity index (χ0v) is 16.9. The number of amides is 1. The number of aryl methyl sites for hydroxylation is 1. The second kappa shape index (κ2) is 11.0. The molecule has 24 heavy (non-hydrogen) atoms. The highest BCUT2D eigenvalue weighted by Crippen LogP contribution is 2.07. The Kier molecular flexibility index (Phi) is 9.31. The van der Waals surface area contributed by atoms with E-state index in [1.807, 2.05) is 37.3 Å². The molecule has 0 saturated carbocycles. The fourth-order valence-corrected chi connectivity index (χ4v) is 2.59. The van der Waals surface area contributed by atoms with Gasteiger partial charge in [0.1, 0.15) is 0 Å². The average molecular weight is 459 g/mol. The summed E-state index contributed by atoms with van der Waals surface area (Å²) >= 11 is 1.65. The Bertz CT molecular complexity index is 659. The highest BCUT2D eigenvalue weighted by atomic mass is 127. The Morgan fingerprint density at radius 2 is 2.00 bits per heavy atom. The normalized spacial score (nSPS) is 10.7. The quantitative estimate of drug-likeness (QED) is 0.352. The van der Waals surface area contributed by atoms with Gasteiger partial charge in [-0.15, -0.1) is 35.3 Å². The Morgan fingerprint density at radius 1 is 1.25 bits per heavy atom. The van der Waals surface area contributed by atoms with Crippen LogP contribution < -0.4 is 16.0 Å². The molecule has 1 aromatic carbocycles. The molecule has 0 spiro atoms. The number of para-hydroxylation sites is 1. The van der Waals surface area contributed by atoms with E-state index in [1.54, 1.807) is 18.4 Å². The third-order valence-electron chi connectivity index (χ3n) is 3.04. The minimum absolute atomic E-state index is 0. The Balaban J connectivity index is 0.00000288. The predicted octanol–water partition coefficient (Wildman–Crippen LogP) is 2.42. The van der Waals surface area contributed by atoms with Crippen molar-refractivity contribution in [1.29, 1.82) is 0 Å². The Morgan fingerprint density at radius 3 is 2.62 bits per heavy atom. The molecule has 6 nitrogen and oxygen atoms in total. The zero-order chi connectivity index (χ0) is 16.5. The fraction of sp³-hybridized carbons (Fsp3) is 0.312. The molecule has 130 valence electrons. The van der Waals surface area contributed by atoms with Crippen molar-refractivity contribution in [3.63, 3.8) is 0 Å². The number of carbonyl (C=O) groups excluding carboxylic acids is 1. The average Bonchev–Trinajstić information content (AvgIpc) is 2.97. The van der Waals surface area contributed by atoms with Gasteiger partial charge in [0, 0.05) is 31.1 Å². The first-order valence-corrected chi connectivity index (χ1v) is 8.26. The third-order valence-corrected chi connectivity index (χ3v) is 3.86. The molecule has 0 unspecified atom stereocenters. The van der Waals surface area contributed by atoms with Gasteiger partial charge in [-0.3, -0.25) is 9.79 Å². The number of hydrogen-bond donors (Lipinski definition) is 3. The lowest BCUT2D eigenvalue weighted by molar-refractivity contribution is -0.115. The molecule has 3 N–H and O–H groups in total. The van der Waals surface area contributed by atoms with Crippen molar-refractivity contribution in [3.8, 4) is 0 Å². The molecule has 0 atom stereocenters. The van der Waals surface area contributed by atoms with Crippen LogP contribution in [-0.4, -0.2) is 37.0 Å². The van der Waals surface area contributed by atoms with Gasteiger partial charge in [-0.2, -0.15) is 0 Å². The first kappa shape index (κ1) is 20.4.